The first-order valence-corrected chi connectivity index (χ1v) is 8.31. The molecule has 0 fully saturated rings. The maximum absolute atomic E-state index is 5.29. The van der Waals surface area contributed by atoms with Gasteiger partial charge in [-0.3, -0.25) is 10.4 Å². The molecule has 0 aliphatic carbocycles. The number of pyridine rings is 1. The normalized spacial score (nSPS) is 11.9. The highest BCUT2D eigenvalue weighted by Gasteiger charge is 2.07. The van der Waals surface area contributed by atoms with E-state index in [0.717, 1.165) is 11.1 Å². The van der Waals surface area contributed by atoms with Gasteiger partial charge in [-0.2, -0.15) is 0 Å². The minimum absolute atomic E-state index is 0.0334. The van der Waals surface area contributed by atoms with Crippen LogP contribution in [-0.2, 0) is 6.54 Å². The number of rotatable bonds is 5. The van der Waals surface area contributed by atoms with Gasteiger partial charge in [0.25, 0.3) is 0 Å². The molecule has 0 amide bonds. The van der Waals surface area contributed by atoms with Crippen molar-refractivity contribution >= 4 is 28.1 Å². The van der Waals surface area contributed by atoms with Crippen LogP contribution in [0.1, 0.15) is 24.2 Å². The lowest BCUT2D eigenvalue weighted by molar-refractivity contribution is 0.529. The van der Waals surface area contributed by atoms with Gasteiger partial charge < -0.3 is 5.32 Å². The molecule has 1 atom stereocenters. The van der Waals surface area contributed by atoms with Crippen LogP contribution in [0.5, 0.6) is 0 Å². The molecule has 122 valence electrons. The van der Waals surface area contributed by atoms with Gasteiger partial charge in [-0.15, -0.1) is 0 Å². The zero-order valence-electron chi connectivity index (χ0n) is 13.5. The van der Waals surface area contributed by atoms with Crippen LogP contribution in [0, 0.1) is 0 Å². The Hall–Kier alpha value is -2.50. The molecule has 3 N–H and O–H groups in total. The third-order valence-electron chi connectivity index (χ3n) is 3.79. The van der Waals surface area contributed by atoms with Gasteiger partial charge in [0.1, 0.15) is 0 Å². The van der Waals surface area contributed by atoms with Crippen LogP contribution in [-0.4, -0.2) is 10.1 Å². The lowest BCUT2D eigenvalue weighted by Gasteiger charge is -2.17. The van der Waals surface area contributed by atoms with E-state index in [0.29, 0.717) is 11.7 Å². The smallest absolute Gasteiger partial charge is 0.181 e. The van der Waals surface area contributed by atoms with E-state index in [1.54, 1.807) is 0 Å². The van der Waals surface area contributed by atoms with Gasteiger partial charge >= 0.3 is 0 Å². The van der Waals surface area contributed by atoms with Crippen molar-refractivity contribution in [3.8, 4) is 0 Å². The van der Waals surface area contributed by atoms with Gasteiger partial charge in [-0.25, -0.2) is 5.43 Å². The molecular formula is C19H20N4S. The lowest BCUT2D eigenvalue weighted by atomic mass is 10.1. The van der Waals surface area contributed by atoms with E-state index in [1.807, 2.05) is 43.5 Å². The van der Waals surface area contributed by atoms with Crippen molar-refractivity contribution in [2.45, 2.75) is 19.5 Å². The van der Waals surface area contributed by atoms with Crippen LogP contribution in [0.2, 0.25) is 0 Å². The summed E-state index contributed by atoms with van der Waals surface area (Å²) in [5, 5.41) is 6.06. The SMILES string of the molecule is C[C@H](NNC(=S)NCc1ccccc1)c1cc2ccccc2cn1. The predicted octanol–water partition coefficient (Wildman–Crippen LogP) is 3.46. The van der Waals surface area contributed by atoms with Crippen LogP contribution in [0.15, 0.2) is 66.9 Å². The maximum Gasteiger partial charge on any atom is 0.181 e. The monoisotopic (exact) mass is 336 g/mol. The Morgan fingerprint density at radius 2 is 1.75 bits per heavy atom. The Bertz CT molecular complexity index is 820. The van der Waals surface area contributed by atoms with Crippen molar-refractivity contribution < 1.29 is 0 Å². The molecule has 0 saturated heterocycles. The summed E-state index contributed by atoms with van der Waals surface area (Å²) in [4.78, 5) is 4.51. The Morgan fingerprint density at radius 3 is 2.54 bits per heavy atom. The van der Waals surface area contributed by atoms with Crippen molar-refractivity contribution in [3.05, 3.63) is 78.1 Å². The molecule has 3 rings (SSSR count). The lowest BCUT2D eigenvalue weighted by Crippen LogP contribution is -2.44. The molecule has 2 aromatic carbocycles. The Balaban J connectivity index is 1.52. The van der Waals surface area contributed by atoms with E-state index >= 15 is 0 Å². The minimum Gasteiger partial charge on any atom is -0.358 e. The Labute approximate surface area is 147 Å². The first-order valence-electron chi connectivity index (χ1n) is 7.90. The summed E-state index contributed by atoms with van der Waals surface area (Å²) >= 11 is 5.29. The second-order valence-electron chi connectivity index (χ2n) is 5.62. The number of hydrazine groups is 1. The summed E-state index contributed by atoms with van der Waals surface area (Å²) in [7, 11) is 0. The molecule has 1 aromatic heterocycles. The fourth-order valence-electron chi connectivity index (χ4n) is 2.41. The van der Waals surface area contributed by atoms with Gasteiger partial charge in [0, 0.05) is 18.1 Å². The van der Waals surface area contributed by atoms with Crippen LogP contribution in [0.3, 0.4) is 0 Å². The van der Waals surface area contributed by atoms with Crippen LogP contribution in [0.25, 0.3) is 10.8 Å². The van der Waals surface area contributed by atoms with Gasteiger partial charge in [-0.05, 0) is 36.2 Å². The highest BCUT2D eigenvalue weighted by atomic mass is 32.1. The Kier molecular flexibility index (Phi) is 5.36. The summed E-state index contributed by atoms with van der Waals surface area (Å²) < 4.78 is 0. The quantitative estimate of drug-likeness (QED) is 0.492. The fraction of sp³-hybridized carbons (Fsp3) is 0.158. The molecule has 0 aliphatic heterocycles. The average Bonchev–Trinajstić information content (AvgIpc) is 2.65. The van der Waals surface area contributed by atoms with E-state index in [4.69, 9.17) is 12.2 Å². The second kappa shape index (κ2) is 7.86. The number of fused-ring (bicyclic) bond motifs is 1. The first-order chi connectivity index (χ1) is 11.7. The highest BCUT2D eigenvalue weighted by Crippen LogP contribution is 2.17. The summed E-state index contributed by atoms with van der Waals surface area (Å²) in [6, 6.07) is 20.5. The zero-order chi connectivity index (χ0) is 16.8. The maximum atomic E-state index is 5.29. The highest BCUT2D eigenvalue weighted by molar-refractivity contribution is 7.80. The van der Waals surface area contributed by atoms with Crippen molar-refractivity contribution in [1.29, 1.82) is 0 Å². The fourth-order valence-corrected chi connectivity index (χ4v) is 2.54. The average molecular weight is 336 g/mol. The molecule has 0 spiro atoms. The predicted molar refractivity (Wildman–Crippen MR) is 102 cm³/mol. The molecule has 0 saturated carbocycles. The van der Waals surface area contributed by atoms with Crippen molar-refractivity contribution in [2.75, 3.05) is 0 Å². The van der Waals surface area contributed by atoms with Crippen LogP contribution in [0.4, 0.5) is 0 Å². The molecule has 5 heteroatoms. The van der Waals surface area contributed by atoms with Gasteiger partial charge in [0.05, 0.1) is 11.7 Å². The number of nitrogens with one attached hydrogen (secondary N) is 3. The molecule has 1 heterocycles. The van der Waals surface area contributed by atoms with Crippen LogP contribution >= 0.6 is 12.2 Å². The number of thiocarbonyl (C=S) groups is 1. The summed E-state index contributed by atoms with van der Waals surface area (Å²) in [6.07, 6.45) is 1.90. The number of nitrogens with zero attached hydrogens (tertiary/aromatic N) is 1. The van der Waals surface area contributed by atoms with Crippen molar-refractivity contribution in [2.24, 2.45) is 0 Å². The molecule has 0 radical (unpaired) electrons. The number of benzene rings is 2. The molecule has 0 aliphatic rings. The minimum atomic E-state index is 0.0334. The van der Waals surface area contributed by atoms with E-state index in [2.05, 4.69) is 51.5 Å². The van der Waals surface area contributed by atoms with E-state index in [1.165, 1.54) is 10.9 Å². The molecule has 3 aromatic rings. The summed E-state index contributed by atoms with van der Waals surface area (Å²) in [6.45, 7) is 2.74. The number of hydrogen-bond donors (Lipinski definition) is 3. The van der Waals surface area contributed by atoms with E-state index in [-0.39, 0.29) is 6.04 Å². The largest absolute Gasteiger partial charge is 0.358 e. The van der Waals surface area contributed by atoms with Crippen molar-refractivity contribution in [1.82, 2.24) is 21.2 Å². The number of aromatic nitrogens is 1. The molecule has 0 unspecified atom stereocenters. The third-order valence-corrected chi connectivity index (χ3v) is 4.04. The van der Waals surface area contributed by atoms with E-state index < -0.39 is 0 Å². The summed E-state index contributed by atoms with van der Waals surface area (Å²) in [5.74, 6) is 0. The summed E-state index contributed by atoms with van der Waals surface area (Å²) in [5.41, 5.74) is 8.36. The first kappa shape index (κ1) is 16.4. The topological polar surface area (TPSA) is 49.0 Å². The molecule has 24 heavy (non-hydrogen) atoms. The second-order valence-corrected chi connectivity index (χ2v) is 6.02. The Morgan fingerprint density at radius 1 is 1.04 bits per heavy atom. The number of hydrogen-bond acceptors (Lipinski definition) is 3. The van der Waals surface area contributed by atoms with Crippen molar-refractivity contribution in [3.63, 3.8) is 0 Å². The standard InChI is InChI=1S/C19H20N4S/c1-14(18-11-16-9-5-6-10-17(16)13-20-18)22-23-19(24)21-12-15-7-3-2-4-8-15/h2-11,13-14,22H,12H2,1H3,(H2,21,23,24)/t14-/m0/s1. The molecule has 4 nitrogen and oxygen atoms in total. The zero-order valence-corrected chi connectivity index (χ0v) is 14.3. The van der Waals surface area contributed by atoms with Gasteiger partial charge in [-0.1, -0.05) is 54.6 Å². The third kappa shape index (κ3) is 4.28. The van der Waals surface area contributed by atoms with Gasteiger partial charge in [0.15, 0.2) is 5.11 Å². The molecule has 0 bridgehead atoms. The molecular weight excluding hydrogens is 316 g/mol. The van der Waals surface area contributed by atoms with Crippen LogP contribution < -0.4 is 16.2 Å². The van der Waals surface area contributed by atoms with E-state index in [9.17, 15) is 0 Å². The van der Waals surface area contributed by atoms with Gasteiger partial charge in [0.2, 0.25) is 0 Å².